The van der Waals surface area contributed by atoms with Gasteiger partial charge >= 0.3 is 5.97 Å². The van der Waals surface area contributed by atoms with Gasteiger partial charge in [-0.2, -0.15) is 0 Å². The Morgan fingerprint density at radius 2 is 1.95 bits per heavy atom. The third-order valence-corrected chi connectivity index (χ3v) is 3.51. The smallest absolute Gasteiger partial charge is 0.339 e. The van der Waals surface area contributed by atoms with E-state index in [1.807, 2.05) is 24.3 Å². The van der Waals surface area contributed by atoms with Crippen LogP contribution in [0, 0.1) is 0 Å². The Morgan fingerprint density at radius 1 is 1.30 bits per heavy atom. The van der Waals surface area contributed by atoms with Crippen LogP contribution in [0.2, 0.25) is 5.15 Å². The van der Waals surface area contributed by atoms with Crippen LogP contribution in [0.15, 0.2) is 40.9 Å². The molecular formula is C14H12BrClN2O2. The van der Waals surface area contributed by atoms with Gasteiger partial charge in [-0.15, -0.1) is 0 Å². The van der Waals surface area contributed by atoms with Gasteiger partial charge < -0.3 is 10.0 Å². The molecule has 0 atom stereocenters. The molecule has 2 rings (SSSR count). The summed E-state index contributed by atoms with van der Waals surface area (Å²) >= 11 is 9.23. The Hall–Kier alpha value is -1.59. The molecule has 0 aliphatic heterocycles. The van der Waals surface area contributed by atoms with Gasteiger partial charge in [-0.1, -0.05) is 39.7 Å². The molecule has 0 amide bonds. The van der Waals surface area contributed by atoms with Crippen LogP contribution in [-0.4, -0.2) is 23.1 Å². The quantitative estimate of drug-likeness (QED) is 0.847. The second-order valence-corrected chi connectivity index (χ2v) is 5.60. The molecule has 0 fully saturated rings. The van der Waals surface area contributed by atoms with Crippen molar-refractivity contribution in [1.82, 2.24) is 4.98 Å². The molecule has 1 N–H and O–H groups in total. The second kappa shape index (κ2) is 6.24. The van der Waals surface area contributed by atoms with Crippen molar-refractivity contribution in [3.63, 3.8) is 0 Å². The maximum Gasteiger partial charge on any atom is 0.339 e. The van der Waals surface area contributed by atoms with Crippen molar-refractivity contribution >= 4 is 39.3 Å². The number of aromatic nitrogens is 1. The molecule has 0 radical (unpaired) electrons. The normalized spacial score (nSPS) is 10.3. The van der Waals surface area contributed by atoms with Crippen LogP contribution in [0.3, 0.4) is 0 Å². The van der Waals surface area contributed by atoms with Gasteiger partial charge in [0.25, 0.3) is 0 Å². The first-order valence-corrected chi connectivity index (χ1v) is 7.00. The SMILES string of the molecule is CN(Cc1ccc(Br)cc1)c1nc(Cl)ccc1C(=O)O. The van der Waals surface area contributed by atoms with Gasteiger partial charge in [0.1, 0.15) is 16.5 Å². The Kier molecular flexibility index (Phi) is 4.62. The fraction of sp³-hybridized carbons (Fsp3) is 0.143. The molecule has 1 heterocycles. The number of carboxylic acid groups (broad SMARTS) is 1. The largest absolute Gasteiger partial charge is 0.478 e. The minimum atomic E-state index is -1.02. The van der Waals surface area contributed by atoms with E-state index in [1.165, 1.54) is 12.1 Å². The van der Waals surface area contributed by atoms with E-state index in [1.54, 1.807) is 11.9 Å². The van der Waals surface area contributed by atoms with Crippen molar-refractivity contribution in [1.29, 1.82) is 0 Å². The molecule has 1 aromatic heterocycles. The highest BCUT2D eigenvalue weighted by atomic mass is 79.9. The van der Waals surface area contributed by atoms with E-state index in [0.717, 1.165) is 10.0 Å². The Labute approximate surface area is 130 Å². The number of aromatic carboxylic acids is 1. The molecule has 0 saturated carbocycles. The first-order chi connectivity index (χ1) is 9.47. The van der Waals surface area contributed by atoms with Gasteiger partial charge in [0.05, 0.1) is 0 Å². The van der Waals surface area contributed by atoms with Crippen molar-refractivity contribution in [3.05, 3.63) is 57.2 Å². The summed E-state index contributed by atoms with van der Waals surface area (Å²) in [7, 11) is 1.78. The minimum absolute atomic E-state index is 0.133. The lowest BCUT2D eigenvalue weighted by atomic mass is 10.2. The molecule has 0 unspecified atom stereocenters. The maximum absolute atomic E-state index is 11.2. The Morgan fingerprint density at radius 3 is 2.55 bits per heavy atom. The van der Waals surface area contributed by atoms with Crippen LogP contribution in [0.1, 0.15) is 15.9 Å². The highest BCUT2D eigenvalue weighted by molar-refractivity contribution is 9.10. The van der Waals surface area contributed by atoms with Gasteiger partial charge in [0.15, 0.2) is 0 Å². The fourth-order valence-electron chi connectivity index (χ4n) is 1.82. The van der Waals surface area contributed by atoms with Crippen LogP contribution in [0.4, 0.5) is 5.82 Å². The third kappa shape index (κ3) is 3.49. The van der Waals surface area contributed by atoms with E-state index in [-0.39, 0.29) is 10.7 Å². The number of benzene rings is 1. The highest BCUT2D eigenvalue weighted by Crippen LogP contribution is 2.22. The summed E-state index contributed by atoms with van der Waals surface area (Å²) in [5.41, 5.74) is 1.18. The predicted octanol–water partition coefficient (Wildman–Crippen LogP) is 3.83. The maximum atomic E-state index is 11.2. The van der Waals surface area contributed by atoms with Gasteiger partial charge in [-0.25, -0.2) is 9.78 Å². The number of carboxylic acids is 1. The van der Waals surface area contributed by atoms with Crippen LogP contribution in [-0.2, 0) is 6.54 Å². The van der Waals surface area contributed by atoms with Crippen molar-refractivity contribution in [2.45, 2.75) is 6.54 Å². The Balaban J connectivity index is 2.28. The summed E-state index contributed by atoms with van der Waals surface area (Å²) in [5.74, 6) is -0.667. The summed E-state index contributed by atoms with van der Waals surface area (Å²) < 4.78 is 0.996. The monoisotopic (exact) mass is 354 g/mol. The number of rotatable bonds is 4. The van der Waals surface area contributed by atoms with E-state index in [4.69, 9.17) is 11.6 Å². The van der Waals surface area contributed by atoms with Gasteiger partial charge in [0, 0.05) is 18.1 Å². The Bertz CT molecular complexity index is 632. The molecule has 0 spiro atoms. The minimum Gasteiger partial charge on any atom is -0.478 e. The van der Waals surface area contributed by atoms with E-state index >= 15 is 0 Å². The van der Waals surface area contributed by atoms with Crippen molar-refractivity contribution in [2.75, 3.05) is 11.9 Å². The average molecular weight is 356 g/mol. The first-order valence-electron chi connectivity index (χ1n) is 5.83. The molecule has 0 bridgehead atoms. The van der Waals surface area contributed by atoms with Crippen LogP contribution < -0.4 is 4.90 Å². The number of carbonyl (C=O) groups is 1. The predicted molar refractivity (Wildman–Crippen MR) is 82.5 cm³/mol. The molecule has 20 heavy (non-hydrogen) atoms. The second-order valence-electron chi connectivity index (χ2n) is 4.29. The summed E-state index contributed by atoms with van der Waals surface area (Å²) in [6.45, 7) is 0.543. The zero-order valence-corrected chi connectivity index (χ0v) is 13.0. The van der Waals surface area contributed by atoms with Crippen LogP contribution in [0.5, 0.6) is 0 Å². The molecular weight excluding hydrogens is 344 g/mol. The van der Waals surface area contributed by atoms with Gasteiger partial charge in [-0.05, 0) is 29.8 Å². The number of hydrogen-bond acceptors (Lipinski definition) is 3. The number of hydrogen-bond donors (Lipinski definition) is 1. The van der Waals surface area contributed by atoms with Crippen LogP contribution >= 0.6 is 27.5 Å². The first kappa shape index (κ1) is 14.8. The zero-order valence-electron chi connectivity index (χ0n) is 10.7. The zero-order chi connectivity index (χ0) is 14.7. The van der Waals surface area contributed by atoms with Crippen molar-refractivity contribution in [3.8, 4) is 0 Å². The lowest BCUT2D eigenvalue weighted by Crippen LogP contribution is -2.20. The topological polar surface area (TPSA) is 53.4 Å². The molecule has 2 aromatic rings. The highest BCUT2D eigenvalue weighted by Gasteiger charge is 2.16. The summed E-state index contributed by atoms with van der Waals surface area (Å²) in [4.78, 5) is 17.1. The lowest BCUT2D eigenvalue weighted by Gasteiger charge is -2.20. The van der Waals surface area contributed by atoms with Crippen molar-refractivity contribution in [2.24, 2.45) is 0 Å². The van der Waals surface area contributed by atoms with E-state index in [9.17, 15) is 9.90 Å². The molecule has 0 saturated heterocycles. The molecule has 4 nitrogen and oxygen atoms in total. The summed E-state index contributed by atoms with van der Waals surface area (Å²) in [6.07, 6.45) is 0. The van der Waals surface area contributed by atoms with Crippen molar-refractivity contribution < 1.29 is 9.90 Å². The fourth-order valence-corrected chi connectivity index (χ4v) is 2.23. The van der Waals surface area contributed by atoms with E-state index in [0.29, 0.717) is 12.4 Å². The number of nitrogens with zero attached hydrogens (tertiary/aromatic N) is 2. The number of anilines is 1. The standard InChI is InChI=1S/C14H12BrClN2O2/c1-18(8-9-2-4-10(15)5-3-9)13-11(14(19)20)6-7-12(16)17-13/h2-7H,8H2,1H3,(H,19,20). The van der Waals surface area contributed by atoms with E-state index < -0.39 is 5.97 Å². The number of halogens is 2. The third-order valence-electron chi connectivity index (χ3n) is 2.77. The lowest BCUT2D eigenvalue weighted by molar-refractivity contribution is 0.0697. The summed E-state index contributed by atoms with van der Waals surface area (Å²) in [6, 6.07) is 10.7. The van der Waals surface area contributed by atoms with E-state index in [2.05, 4.69) is 20.9 Å². The van der Waals surface area contributed by atoms with Gasteiger partial charge in [0.2, 0.25) is 0 Å². The molecule has 104 valence electrons. The molecule has 0 aliphatic rings. The molecule has 0 aliphatic carbocycles. The number of pyridine rings is 1. The molecule has 1 aromatic carbocycles. The van der Waals surface area contributed by atoms with Crippen LogP contribution in [0.25, 0.3) is 0 Å². The summed E-state index contributed by atoms with van der Waals surface area (Å²) in [5, 5.41) is 9.46. The average Bonchev–Trinajstić information content (AvgIpc) is 2.41. The molecule has 6 heteroatoms. The van der Waals surface area contributed by atoms with Gasteiger partial charge in [-0.3, -0.25) is 0 Å².